The largest absolute Gasteiger partial charge is 0.452 e. The lowest BCUT2D eigenvalue weighted by molar-refractivity contribution is -0.124. The molecule has 1 fully saturated rings. The number of amides is 1. The van der Waals surface area contributed by atoms with Gasteiger partial charge in [-0.1, -0.05) is 36.4 Å². The molecule has 1 aliphatic heterocycles. The Labute approximate surface area is 176 Å². The third-order valence-corrected chi connectivity index (χ3v) is 6.73. The lowest BCUT2D eigenvalue weighted by atomic mass is 10.2. The van der Waals surface area contributed by atoms with Gasteiger partial charge in [0.15, 0.2) is 6.61 Å². The monoisotopic (exact) mass is 431 g/mol. The van der Waals surface area contributed by atoms with Crippen molar-refractivity contribution in [3.8, 4) is 0 Å². The molecule has 30 heavy (non-hydrogen) atoms. The van der Waals surface area contributed by atoms with E-state index in [1.165, 1.54) is 28.6 Å². The summed E-state index contributed by atoms with van der Waals surface area (Å²) >= 11 is 0. The van der Waals surface area contributed by atoms with Gasteiger partial charge in [0.2, 0.25) is 10.0 Å². The third-order valence-electron chi connectivity index (χ3n) is 4.84. The summed E-state index contributed by atoms with van der Waals surface area (Å²) in [5.41, 5.74) is 1.01. The molecule has 0 unspecified atom stereocenters. The van der Waals surface area contributed by atoms with Crippen molar-refractivity contribution in [2.45, 2.75) is 11.4 Å². The first-order valence-corrected chi connectivity index (χ1v) is 11.1. The molecule has 0 spiro atoms. The van der Waals surface area contributed by atoms with Gasteiger partial charge in [-0.2, -0.15) is 4.31 Å². The predicted molar refractivity (Wildman–Crippen MR) is 111 cm³/mol. The SMILES string of the molecule is CN1CCN(S(=O)(=O)c2cccc(C(=O)OCC(=O)NCc3ccccc3)c2)CC1. The Kier molecular flexibility index (Phi) is 7.20. The van der Waals surface area contributed by atoms with Crippen molar-refractivity contribution in [3.05, 3.63) is 65.7 Å². The number of carbonyl (C=O) groups excluding carboxylic acids is 2. The minimum atomic E-state index is -3.69. The minimum Gasteiger partial charge on any atom is -0.452 e. The highest BCUT2D eigenvalue weighted by atomic mass is 32.2. The molecule has 1 saturated heterocycles. The standard InChI is InChI=1S/C21H25N3O5S/c1-23-10-12-24(13-11-23)30(27,28)19-9-5-8-18(14-19)21(26)29-16-20(25)22-15-17-6-3-2-4-7-17/h2-9,14H,10-13,15-16H2,1H3,(H,22,25). The Morgan fingerprint density at radius 1 is 1.00 bits per heavy atom. The van der Waals surface area contributed by atoms with Crippen LogP contribution in [-0.2, 0) is 26.1 Å². The van der Waals surface area contributed by atoms with Gasteiger partial charge in [0.25, 0.3) is 5.91 Å². The minimum absolute atomic E-state index is 0.0371. The molecule has 1 amide bonds. The van der Waals surface area contributed by atoms with Gasteiger partial charge in [0, 0.05) is 32.7 Å². The molecule has 2 aromatic rings. The second-order valence-electron chi connectivity index (χ2n) is 7.07. The highest BCUT2D eigenvalue weighted by Crippen LogP contribution is 2.19. The van der Waals surface area contributed by atoms with E-state index in [1.54, 1.807) is 0 Å². The summed E-state index contributed by atoms with van der Waals surface area (Å²) in [4.78, 5) is 26.3. The predicted octanol–water partition coefficient (Wildman–Crippen LogP) is 1.10. The number of esters is 1. The van der Waals surface area contributed by atoms with Gasteiger partial charge in [-0.25, -0.2) is 13.2 Å². The highest BCUT2D eigenvalue weighted by molar-refractivity contribution is 7.89. The fraction of sp³-hybridized carbons (Fsp3) is 0.333. The van der Waals surface area contributed by atoms with Crippen LogP contribution in [-0.4, -0.2) is 69.3 Å². The average Bonchev–Trinajstić information content (AvgIpc) is 2.77. The van der Waals surface area contributed by atoms with E-state index in [2.05, 4.69) is 10.2 Å². The molecule has 9 heteroatoms. The van der Waals surface area contributed by atoms with Crippen molar-refractivity contribution in [3.63, 3.8) is 0 Å². The lowest BCUT2D eigenvalue weighted by Crippen LogP contribution is -2.47. The smallest absolute Gasteiger partial charge is 0.338 e. The summed E-state index contributed by atoms with van der Waals surface area (Å²) in [6, 6.07) is 15.1. The number of hydrogen-bond acceptors (Lipinski definition) is 6. The van der Waals surface area contributed by atoms with Crippen molar-refractivity contribution >= 4 is 21.9 Å². The number of carbonyl (C=O) groups is 2. The fourth-order valence-electron chi connectivity index (χ4n) is 3.02. The van der Waals surface area contributed by atoms with E-state index < -0.39 is 28.5 Å². The Morgan fingerprint density at radius 3 is 2.40 bits per heavy atom. The number of sulfonamides is 1. The number of benzene rings is 2. The Bertz CT molecular complexity index is 987. The highest BCUT2D eigenvalue weighted by Gasteiger charge is 2.28. The number of hydrogen-bond donors (Lipinski definition) is 1. The number of rotatable bonds is 7. The molecule has 2 aromatic carbocycles. The van der Waals surface area contributed by atoms with Crippen LogP contribution in [0.15, 0.2) is 59.5 Å². The maximum absolute atomic E-state index is 12.8. The fourth-order valence-corrected chi connectivity index (χ4v) is 4.49. The molecule has 0 radical (unpaired) electrons. The van der Waals surface area contributed by atoms with E-state index >= 15 is 0 Å². The maximum Gasteiger partial charge on any atom is 0.338 e. The van der Waals surface area contributed by atoms with Crippen LogP contribution in [0.2, 0.25) is 0 Å². The molecule has 0 bridgehead atoms. The van der Waals surface area contributed by atoms with Crippen LogP contribution in [0.4, 0.5) is 0 Å². The van der Waals surface area contributed by atoms with E-state index in [0.717, 1.165) is 5.56 Å². The first-order valence-electron chi connectivity index (χ1n) is 9.63. The summed E-state index contributed by atoms with van der Waals surface area (Å²) in [5, 5.41) is 2.67. The van der Waals surface area contributed by atoms with Crippen molar-refractivity contribution in [2.24, 2.45) is 0 Å². The first kappa shape index (κ1) is 21.9. The summed E-state index contributed by atoms with van der Waals surface area (Å²) < 4.78 is 32.1. The van der Waals surface area contributed by atoms with Gasteiger partial charge in [0.1, 0.15) is 0 Å². The van der Waals surface area contributed by atoms with Gasteiger partial charge in [-0.3, -0.25) is 4.79 Å². The zero-order valence-electron chi connectivity index (χ0n) is 16.8. The van der Waals surface area contributed by atoms with Gasteiger partial charge >= 0.3 is 5.97 Å². The van der Waals surface area contributed by atoms with Crippen molar-refractivity contribution in [1.82, 2.24) is 14.5 Å². The summed E-state index contributed by atoms with van der Waals surface area (Å²) in [6.07, 6.45) is 0. The summed E-state index contributed by atoms with van der Waals surface area (Å²) in [5.74, 6) is -1.19. The molecular weight excluding hydrogens is 406 g/mol. The molecular formula is C21H25N3O5S. The molecule has 160 valence electrons. The first-order chi connectivity index (χ1) is 14.4. The number of piperazine rings is 1. The van der Waals surface area contributed by atoms with E-state index in [1.807, 2.05) is 37.4 Å². The van der Waals surface area contributed by atoms with Gasteiger partial charge in [0.05, 0.1) is 10.5 Å². The van der Waals surface area contributed by atoms with Crippen LogP contribution in [0, 0.1) is 0 Å². The number of ether oxygens (including phenoxy) is 1. The molecule has 1 aliphatic rings. The van der Waals surface area contributed by atoms with E-state index in [4.69, 9.17) is 4.74 Å². The lowest BCUT2D eigenvalue weighted by Gasteiger charge is -2.31. The Morgan fingerprint density at radius 2 is 1.70 bits per heavy atom. The number of nitrogens with zero attached hydrogens (tertiary/aromatic N) is 2. The Hall–Kier alpha value is -2.75. The second-order valence-corrected chi connectivity index (χ2v) is 9.01. The van der Waals surface area contributed by atoms with Gasteiger partial charge in [-0.05, 0) is 30.8 Å². The maximum atomic E-state index is 12.8. The summed E-state index contributed by atoms with van der Waals surface area (Å²) in [6.45, 7) is 1.99. The molecule has 1 heterocycles. The van der Waals surface area contributed by atoms with Crippen molar-refractivity contribution in [1.29, 1.82) is 0 Å². The van der Waals surface area contributed by atoms with E-state index in [9.17, 15) is 18.0 Å². The van der Waals surface area contributed by atoms with E-state index in [0.29, 0.717) is 32.7 Å². The molecule has 0 saturated carbocycles. The van der Waals surface area contributed by atoms with Crippen LogP contribution in [0.3, 0.4) is 0 Å². The van der Waals surface area contributed by atoms with Crippen molar-refractivity contribution in [2.75, 3.05) is 39.8 Å². The Balaban J connectivity index is 1.57. The van der Waals surface area contributed by atoms with Gasteiger partial charge < -0.3 is 15.0 Å². The molecule has 0 aliphatic carbocycles. The average molecular weight is 432 g/mol. The molecule has 0 atom stereocenters. The normalized spacial score (nSPS) is 15.5. The van der Waals surface area contributed by atoms with Crippen LogP contribution in [0.25, 0.3) is 0 Å². The van der Waals surface area contributed by atoms with Crippen LogP contribution in [0.5, 0.6) is 0 Å². The third kappa shape index (κ3) is 5.65. The number of likely N-dealkylation sites (N-methyl/N-ethyl adjacent to an activating group) is 1. The molecule has 8 nitrogen and oxygen atoms in total. The van der Waals surface area contributed by atoms with Crippen LogP contribution in [0.1, 0.15) is 15.9 Å². The van der Waals surface area contributed by atoms with E-state index in [-0.39, 0.29) is 10.5 Å². The second kappa shape index (κ2) is 9.84. The zero-order valence-corrected chi connectivity index (χ0v) is 17.6. The van der Waals surface area contributed by atoms with Crippen molar-refractivity contribution < 1.29 is 22.7 Å². The molecule has 3 rings (SSSR count). The topological polar surface area (TPSA) is 96.0 Å². The quantitative estimate of drug-likeness (QED) is 0.660. The number of nitrogens with one attached hydrogen (secondary N) is 1. The zero-order chi connectivity index (χ0) is 21.6. The molecule has 0 aromatic heterocycles. The molecule has 1 N–H and O–H groups in total. The summed E-state index contributed by atoms with van der Waals surface area (Å²) in [7, 11) is -1.75. The van der Waals surface area contributed by atoms with Gasteiger partial charge in [-0.15, -0.1) is 0 Å². The van der Waals surface area contributed by atoms with Crippen LogP contribution < -0.4 is 5.32 Å². The van der Waals surface area contributed by atoms with Crippen LogP contribution >= 0.6 is 0 Å².